The highest BCUT2D eigenvalue weighted by molar-refractivity contribution is 7.09. The van der Waals surface area contributed by atoms with Crippen LogP contribution in [0.3, 0.4) is 0 Å². The highest BCUT2D eigenvalue weighted by Gasteiger charge is 2.13. The van der Waals surface area contributed by atoms with Crippen molar-refractivity contribution in [1.29, 1.82) is 0 Å². The van der Waals surface area contributed by atoms with Crippen molar-refractivity contribution in [3.63, 3.8) is 0 Å². The van der Waals surface area contributed by atoms with E-state index >= 15 is 0 Å². The molecule has 0 saturated carbocycles. The van der Waals surface area contributed by atoms with Crippen molar-refractivity contribution in [2.75, 3.05) is 6.54 Å². The third kappa shape index (κ3) is 5.05. The van der Waals surface area contributed by atoms with Gasteiger partial charge in [-0.05, 0) is 42.8 Å². The summed E-state index contributed by atoms with van der Waals surface area (Å²) in [6, 6.07) is 22.2. The summed E-state index contributed by atoms with van der Waals surface area (Å²) in [4.78, 5) is 26.1. The van der Waals surface area contributed by atoms with Crippen LogP contribution in [0.1, 0.15) is 23.7 Å². The van der Waals surface area contributed by atoms with Crippen LogP contribution in [-0.4, -0.2) is 32.0 Å². The summed E-state index contributed by atoms with van der Waals surface area (Å²) in [6.07, 6.45) is 6.24. The lowest BCUT2D eigenvalue weighted by Gasteiger charge is -2.09. The zero-order valence-electron chi connectivity index (χ0n) is 18.7. The standard InChI is InChI=1S/C27H25N5OS/c33-26(29-16-6-11-27-31-23(19-34-27)20-14-17-28-18-15-20)13-12-25-30-22-9-4-5-10-24(22)32(25)21-7-2-1-3-8-21/h1-5,7-10,14-15,17-19H,6,11-13,16H2,(H,29,33). The molecule has 0 aliphatic carbocycles. The lowest BCUT2D eigenvalue weighted by atomic mass is 10.2. The summed E-state index contributed by atoms with van der Waals surface area (Å²) in [6.45, 7) is 0.637. The van der Waals surface area contributed by atoms with Crippen molar-refractivity contribution in [1.82, 2.24) is 24.8 Å². The molecular formula is C27H25N5OS. The first kappa shape index (κ1) is 22.0. The lowest BCUT2D eigenvalue weighted by Crippen LogP contribution is -2.25. The van der Waals surface area contributed by atoms with Crippen LogP contribution in [0.2, 0.25) is 0 Å². The number of hydrogen-bond acceptors (Lipinski definition) is 5. The van der Waals surface area contributed by atoms with Gasteiger partial charge in [0.1, 0.15) is 5.82 Å². The number of aryl methyl sites for hydroxylation is 2. The molecule has 1 amide bonds. The molecule has 1 N–H and O–H groups in total. The minimum absolute atomic E-state index is 0.0447. The molecule has 34 heavy (non-hydrogen) atoms. The van der Waals surface area contributed by atoms with Gasteiger partial charge in [-0.25, -0.2) is 9.97 Å². The van der Waals surface area contributed by atoms with Crippen molar-refractivity contribution in [3.8, 4) is 16.9 Å². The number of imidazole rings is 1. The van der Waals surface area contributed by atoms with E-state index < -0.39 is 0 Å². The van der Waals surface area contributed by atoms with Gasteiger partial charge in [-0.3, -0.25) is 14.3 Å². The maximum atomic E-state index is 12.5. The predicted octanol–water partition coefficient (Wildman–Crippen LogP) is 5.23. The van der Waals surface area contributed by atoms with Gasteiger partial charge in [-0.1, -0.05) is 30.3 Å². The van der Waals surface area contributed by atoms with Gasteiger partial charge in [-0.2, -0.15) is 0 Å². The van der Waals surface area contributed by atoms with E-state index in [0.717, 1.165) is 51.7 Å². The number of carbonyl (C=O) groups is 1. The van der Waals surface area contributed by atoms with Crippen LogP contribution in [-0.2, 0) is 17.6 Å². The van der Waals surface area contributed by atoms with E-state index in [4.69, 9.17) is 9.97 Å². The number of nitrogens with one attached hydrogen (secondary N) is 1. The maximum absolute atomic E-state index is 12.5. The third-order valence-electron chi connectivity index (χ3n) is 5.64. The Morgan fingerprint density at radius 1 is 0.912 bits per heavy atom. The topological polar surface area (TPSA) is 72.7 Å². The quantitative estimate of drug-likeness (QED) is 0.302. The van der Waals surface area contributed by atoms with Gasteiger partial charge in [0.15, 0.2) is 0 Å². The summed E-state index contributed by atoms with van der Waals surface area (Å²) < 4.78 is 2.14. The monoisotopic (exact) mass is 467 g/mol. The molecule has 0 atom stereocenters. The Balaban J connectivity index is 1.14. The number of aromatic nitrogens is 4. The Labute approximate surface area is 202 Å². The highest BCUT2D eigenvalue weighted by Crippen LogP contribution is 2.23. The van der Waals surface area contributed by atoms with E-state index in [9.17, 15) is 4.79 Å². The minimum Gasteiger partial charge on any atom is -0.356 e. The predicted molar refractivity (Wildman–Crippen MR) is 136 cm³/mol. The third-order valence-corrected chi connectivity index (χ3v) is 6.55. The molecule has 5 aromatic rings. The maximum Gasteiger partial charge on any atom is 0.220 e. The van der Waals surface area contributed by atoms with Crippen molar-refractivity contribution in [2.24, 2.45) is 0 Å². The molecule has 6 nitrogen and oxygen atoms in total. The van der Waals surface area contributed by atoms with Crippen molar-refractivity contribution < 1.29 is 4.79 Å². The van der Waals surface area contributed by atoms with Gasteiger partial charge in [0.25, 0.3) is 0 Å². The average molecular weight is 468 g/mol. The first-order chi connectivity index (χ1) is 16.8. The van der Waals surface area contributed by atoms with Crippen LogP contribution in [0, 0.1) is 0 Å². The van der Waals surface area contributed by atoms with E-state index in [-0.39, 0.29) is 5.91 Å². The number of benzene rings is 2. The summed E-state index contributed by atoms with van der Waals surface area (Å²) in [5, 5.41) is 6.20. The molecule has 0 saturated heterocycles. The molecule has 0 spiro atoms. The molecule has 0 aliphatic rings. The second-order valence-corrected chi connectivity index (χ2v) is 8.95. The van der Waals surface area contributed by atoms with Gasteiger partial charge < -0.3 is 5.32 Å². The second-order valence-electron chi connectivity index (χ2n) is 8.00. The summed E-state index contributed by atoms with van der Waals surface area (Å²) in [5.41, 5.74) is 5.11. The molecule has 0 unspecified atom stereocenters. The van der Waals surface area contributed by atoms with Gasteiger partial charge in [0, 0.05) is 54.8 Å². The van der Waals surface area contributed by atoms with E-state index in [1.807, 2.05) is 48.5 Å². The Bertz CT molecular complexity index is 1380. The molecule has 0 aliphatic heterocycles. The Morgan fingerprint density at radius 3 is 2.56 bits per heavy atom. The number of nitrogens with zero attached hydrogens (tertiary/aromatic N) is 4. The van der Waals surface area contributed by atoms with Crippen LogP contribution in [0.25, 0.3) is 28.0 Å². The van der Waals surface area contributed by atoms with Gasteiger partial charge in [-0.15, -0.1) is 11.3 Å². The van der Waals surface area contributed by atoms with Crippen molar-refractivity contribution in [3.05, 3.63) is 95.3 Å². The molecule has 3 heterocycles. The summed E-state index contributed by atoms with van der Waals surface area (Å²) >= 11 is 1.66. The van der Waals surface area contributed by atoms with E-state index in [1.165, 1.54) is 0 Å². The van der Waals surface area contributed by atoms with Crippen molar-refractivity contribution in [2.45, 2.75) is 25.7 Å². The van der Waals surface area contributed by atoms with Crippen LogP contribution in [0.5, 0.6) is 0 Å². The van der Waals surface area contributed by atoms with E-state index in [0.29, 0.717) is 19.4 Å². The Morgan fingerprint density at radius 2 is 1.71 bits per heavy atom. The van der Waals surface area contributed by atoms with Crippen molar-refractivity contribution >= 4 is 28.3 Å². The van der Waals surface area contributed by atoms with Crippen LogP contribution < -0.4 is 5.32 Å². The largest absolute Gasteiger partial charge is 0.356 e. The van der Waals surface area contributed by atoms with Gasteiger partial charge in [0.2, 0.25) is 5.91 Å². The number of fused-ring (bicyclic) bond motifs is 1. The summed E-state index contributed by atoms with van der Waals surface area (Å²) in [5.74, 6) is 0.942. The van der Waals surface area contributed by atoms with Gasteiger partial charge >= 0.3 is 0 Å². The molecule has 0 radical (unpaired) electrons. The fourth-order valence-electron chi connectivity index (χ4n) is 3.97. The fourth-order valence-corrected chi connectivity index (χ4v) is 4.82. The molecule has 5 rings (SSSR count). The fraction of sp³-hybridized carbons (Fsp3) is 0.185. The lowest BCUT2D eigenvalue weighted by molar-refractivity contribution is -0.121. The van der Waals surface area contributed by atoms with Gasteiger partial charge in [0.05, 0.1) is 21.7 Å². The normalized spacial score (nSPS) is 11.1. The number of carbonyl (C=O) groups excluding carboxylic acids is 1. The number of thiazole rings is 1. The molecule has 7 heteroatoms. The van der Waals surface area contributed by atoms with Crippen LogP contribution in [0.4, 0.5) is 0 Å². The Kier molecular flexibility index (Phi) is 6.72. The minimum atomic E-state index is 0.0447. The Hall–Kier alpha value is -3.84. The molecule has 2 aromatic carbocycles. The van der Waals surface area contributed by atoms with Crippen LogP contribution in [0.15, 0.2) is 84.5 Å². The zero-order valence-corrected chi connectivity index (χ0v) is 19.5. The molecule has 0 bridgehead atoms. The second kappa shape index (κ2) is 10.4. The number of amides is 1. The van der Waals surface area contributed by atoms with Crippen LogP contribution >= 0.6 is 11.3 Å². The SMILES string of the molecule is O=C(CCc1nc2ccccc2n1-c1ccccc1)NCCCc1nc(-c2ccncc2)cs1. The number of pyridine rings is 1. The number of rotatable bonds is 9. The molecule has 170 valence electrons. The van der Waals surface area contributed by atoms with E-state index in [2.05, 4.69) is 38.4 Å². The average Bonchev–Trinajstić information content (AvgIpc) is 3.51. The smallest absolute Gasteiger partial charge is 0.220 e. The zero-order chi connectivity index (χ0) is 23.2. The summed E-state index contributed by atoms with van der Waals surface area (Å²) in [7, 11) is 0. The number of hydrogen-bond donors (Lipinski definition) is 1. The molecule has 0 fully saturated rings. The number of para-hydroxylation sites is 3. The first-order valence-corrected chi connectivity index (χ1v) is 12.3. The first-order valence-electron chi connectivity index (χ1n) is 11.4. The molecule has 3 aromatic heterocycles. The molecular weight excluding hydrogens is 442 g/mol. The van der Waals surface area contributed by atoms with E-state index in [1.54, 1.807) is 23.7 Å². The highest BCUT2D eigenvalue weighted by atomic mass is 32.1.